The van der Waals surface area contributed by atoms with E-state index in [1.54, 1.807) is 25.3 Å². The Kier molecular flexibility index (Phi) is 5.82. The van der Waals surface area contributed by atoms with Crippen molar-refractivity contribution >= 4 is 44.7 Å². The number of Topliss-reactive ketones (excluding diaryl/α,β-unsaturated/α-hetero) is 2. The minimum atomic E-state index is -0.231. The van der Waals surface area contributed by atoms with Gasteiger partial charge in [-0.15, -0.1) is 11.3 Å². The molecule has 0 spiro atoms. The SMILES string of the molecule is COc1cccc2sc(C(=O)C3CCN(CC(=O)c4ccc5c(c4)NC(=O)CO5)CC3)nc12. The summed E-state index contributed by atoms with van der Waals surface area (Å²) in [6.07, 6.45) is 1.38. The van der Waals surface area contributed by atoms with E-state index in [1.165, 1.54) is 11.3 Å². The molecule has 1 fully saturated rings. The summed E-state index contributed by atoms with van der Waals surface area (Å²) in [5.74, 6) is 0.946. The molecule has 0 bridgehead atoms. The van der Waals surface area contributed by atoms with Gasteiger partial charge in [0.2, 0.25) is 0 Å². The van der Waals surface area contributed by atoms with Gasteiger partial charge in [-0.3, -0.25) is 19.3 Å². The van der Waals surface area contributed by atoms with Gasteiger partial charge in [-0.05, 0) is 56.3 Å². The minimum absolute atomic E-state index is 0.0154. The summed E-state index contributed by atoms with van der Waals surface area (Å²) < 4.78 is 11.6. The summed E-state index contributed by atoms with van der Waals surface area (Å²) in [6.45, 7) is 1.59. The molecular weight excluding hydrogens is 442 g/mol. The third-order valence-electron chi connectivity index (χ3n) is 6.07. The van der Waals surface area contributed by atoms with Gasteiger partial charge < -0.3 is 14.8 Å². The van der Waals surface area contributed by atoms with E-state index in [4.69, 9.17) is 9.47 Å². The van der Waals surface area contributed by atoms with Crippen LogP contribution in [0.5, 0.6) is 11.5 Å². The van der Waals surface area contributed by atoms with Crippen molar-refractivity contribution in [3.05, 3.63) is 47.0 Å². The molecule has 0 atom stereocenters. The van der Waals surface area contributed by atoms with Gasteiger partial charge in [0.1, 0.15) is 17.0 Å². The third kappa shape index (κ3) is 4.34. The lowest BCUT2D eigenvalue weighted by Crippen LogP contribution is -2.39. The van der Waals surface area contributed by atoms with Crippen LogP contribution < -0.4 is 14.8 Å². The zero-order chi connectivity index (χ0) is 22.9. The maximum absolute atomic E-state index is 13.1. The maximum Gasteiger partial charge on any atom is 0.262 e. The van der Waals surface area contributed by atoms with E-state index >= 15 is 0 Å². The number of nitrogens with one attached hydrogen (secondary N) is 1. The second-order valence-electron chi connectivity index (χ2n) is 8.21. The molecule has 0 radical (unpaired) electrons. The molecule has 170 valence electrons. The molecule has 1 N–H and O–H groups in total. The predicted octanol–water partition coefficient (Wildman–Crippen LogP) is 3.41. The lowest BCUT2D eigenvalue weighted by atomic mass is 9.92. The van der Waals surface area contributed by atoms with Crippen molar-refractivity contribution in [1.82, 2.24) is 9.88 Å². The van der Waals surface area contributed by atoms with Gasteiger partial charge in [0.25, 0.3) is 5.91 Å². The van der Waals surface area contributed by atoms with Crippen LogP contribution in [0.2, 0.25) is 0 Å². The van der Waals surface area contributed by atoms with Crippen LogP contribution in [0.4, 0.5) is 5.69 Å². The van der Waals surface area contributed by atoms with Gasteiger partial charge in [-0.25, -0.2) is 4.98 Å². The molecule has 0 aliphatic carbocycles. The van der Waals surface area contributed by atoms with Crippen molar-refractivity contribution in [1.29, 1.82) is 0 Å². The fourth-order valence-electron chi connectivity index (χ4n) is 4.27. The van der Waals surface area contributed by atoms with Crippen molar-refractivity contribution in [2.75, 3.05) is 38.7 Å². The number of hydrogen-bond acceptors (Lipinski definition) is 8. The van der Waals surface area contributed by atoms with Crippen LogP contribution >= 0.6 is 11.3 Å². The number of para-hydroxylation sites is 1. The van der Waals surface area contributed by atoms with E-state index < -0.39 is 0 Å². The number of fused-ring (bicyclic) bond motifs is 2. The molecular formula is C24H23N3O5S. The van der Waals surface area contributed by atoms with Crippen LogP contribution in [0.3, 0.4) is 0 Å². The molecule has 33 heavy (non-hydrogen) atoms. The number of rotatable bonds is 6. The second kappa shape index (κ2) is 8.92. The number of amides is 1. The first-order valence-electron chi connectivity index (χ1n) is 10.8. The number of ketones is 2. The van der Waals surface area contributed by atoms with Crippen molar-refractivity contribution in [3.63, 3.8) is 0 Å². The number of nitrogens with zero attached hydrogens (tertiary/aromatic N) is 2. The average molecular weight is 466 g/mol. The molecule has 3 heterocycles. The van der Waals surface area contributed by atoms with Gasteiger partial charge in [0.05, 0.1) is 24.0 Å². The Morgan fingerprint density at radius 3 is 2.85 bits per heavy atom. The number of carbonyl (C=O) groups is 3. The summed E-state index contributed by atoms with van der Waals surface area (Å²) in [4.78, 5) is 44.0. The Labute approximate surface area is 194 Å². The fraction of sp³-hybridized carbons (Fsp3) is 0.333. The number of likely N-dealkylation sites (tertiary alicyclic amines) is 1. The van der Waals surface area contributed by atoms with Gasteiger partial charge in [0.15, 0.2) is 23.2 Å². The summed E-state index contributed by atoms with van der Waals surface area (Å²) in [5.41, 5.74) is 1.78. The largest absolute Gasteiger partial charge is 0.494 e. The normalized spacial score (nSPS) is 16.7. The number of aromatic nitrogens is 1. The molecule has 0 saturated carbocycles. The number of carbonyl (C=O) groups excluding carboxylic acids is 3. The Morgan fingerprint density at radius 2 is 2.06 bits per heavy atom. The zero-order valence-electron chi connectivity index (χ0n) is 18.1. The molecule has 1 amide bonds. The number of benzene rings is 2. The Bertz CT molecular complexity index is 1250. The highest BCUT2D eigenvalue weighted by atomic mass is 32.1. The number of thiazole rings is 1. The monoisotopic (exact) mass is 465 g/mol. The van der Waals surface area contributed by atoms with Crippen LogP contribution in [0.1, 0.15) is 33.0 Å². The van der Waals surface area contributed by atoms with Gasteiger partial charge >= 0.3 is 0 Å². The lowest BCUT2D eigenvalue weighted by molar-refractivity contribution is -0.118. The summed E-state index contributed by atoms with van der Waals surface area (Å²) in [7, 11) is 1.60. The highest BCUT2D eigenvalue weighted by Crippen LogP contribution is 2.32. The fourth-order valence-corrected chi connectivity index (χ4v) is 5.27. The van der Waals surface area contributed by atoms with Gasteiger partial charge in [0, 0.05) is 11.5 Å². The molecule has 9 heteroatoms. The highest BCUT2D eigenvalue weighted by molar-refractivity contribution is 7.20. The standard InChI is InChI=1S/C24H23N3O5S/c1-31-19-3-2-4-20-22(19)26-24(33-20)23(30)14-7-9-27(10-8-14)12-17(28)15-5-6-18-16(11-15)25-21(29)13-32-18/h2-6,11,14H,7-10,12-13H2,1H3,(H,25,29). The second-order valence-corrected chi connectivity index (χ2v) is 9.24. The summed E-state index contributed by atoms with van der Waals surface area (Å²) in [6, 6.07) is 10.8. The van der Waals surface area contributed by atoms with Gasteiger partial charge in [-0.2, -0.15) is 0 Å². The molecule has 8 nitrogen and oxygen atoms in total. The minimum Gasteiger partial charge on any atom is -0.494 e. The molecule has 1 aromatic heterocycles. The topological polar surface area (TPSA) is 97.8 Å². The van der Waals surface area contributed by atoms with E-state index in [2.05, 4.69) is 15.2 Å². The highest BCUT2D eigenvalue weighted by Gasteiger charge is 2.29. The van der Waals surface area contributed by atoms with Crippen LogP contribution in [0, 0.1) is 5.92 Å². The first-order valence-corrected chi connectivity index (χ1v) is 11.6. The van der Waals surface area contributed by atoms with Gasteiger partial charge in [-0.1, -0.05) is 6.07 Å². The molecule has 3 aromatic rings. The molecule has 2 aliphatic heterocycles. The number of hydrogen-bond donors (Lipinski definition) is 1. The first-order chi connectivity index (χ1) is 16.0. The predicted molar refractivity (Wildman–Crippen MR) is 125 cm³/mol. The van der Waals surface area contributed by atoms with Crippen molar-refractivity contribution in [3.8, 4) is 11.5 Å². The van der Waals surface area contributed by atoms with E-state index in [9.17, 15) is 14.4 Å². The Hall–Kier alpha value is -3.30. The average Bonchev–Trinajstić information content (AvgIpc) is 3.28. The smallest absolute Gasteiger partial charge is 0.262 e. The Morgan fingerprint density at radius 1 is 1.24 bits per heavy atom. The van der Waals surface area contributed by atoms with Crippen LogP contribution in [0.15, 0.2) is 36.4 Å². The van der Waals surface area contributed by atoms with Crippen molar-refractivity contribution in [2.45, 2.75) is 12.8 Å². The summed E-state index contributed by atoms with van der Waals surface area (Å²) in [5, 5.41) is 3.25. The van der Waals surface area contributed by atoms with Crippen LogP contribution in [-0.4, -0.2) is 60.7 Å². The Balaban J connectivity index is 1.20. The van der Waals surface area contributed by atoms with Crippen LogP contribution in [-0.2, 0) is 4.79 Å². The third-order valence-corrected chi connectivity index (χ3v) is 7.11. The quantitative estimate of drug-likeness (QED) is 0.557. The van der Waals surface area contributed by atoms with Crippen molar-refractivity contribution < 1.29 is 23.9 Å². The molecule has 2 aromatic carbocycles. The first kappa shape index (κ1) is 21.5. The molecule has 1 saturated heterocycles. The molecule has 0 unspecified atom stereocenters. The number of methoxy groups -OCH3 is 1. The van der Waals surface area contributed by atoms with Crippen molar-refractivity contribution in [2.24, 2.45) is 5.92 Å². The van der Waals surface area contributed by atoms with E-state index in [-0.39, 0.29) is 36.5 Å². The molecule has 2 aliphatic rings. The number of piperidine rings is 1. The lowest BCUT2D eigenvalue weighted by Gasteiger charge is -2.30. The zero-order valence-corrected chi connectivity index (χ0v) is 18.9. The number of anilines is 1. The van der Waals surface area contributed by atoms with E-state index in [0.717, 1.165) is 10.2 Å². The maximum atomic E-state index is 13.1. The van der Waals surface area contributed by atoms with E-state index in [1.807, 2.05) is 18.2 Å². The van der Waals surface area contributed by atoms with Crippen LogP contribution in [0.25, 0.3) is 10.2 Å². The van der Waals surface area contributed by atoms with E-state index in [0.29, 0.717) is 53.7 Å². The summed E-state index contributed by atoms with van der Waals surface area (Å²) >= 11 is 1.40. The molecule has 5 rings (SSSR count). The number of ether oxygens (including phenoxy) is 2.